The first-order valence-electron chi connectivity index (χ1n) is 6.40. The Labute approximate surface area is 110 Å². The summed E-state index contributed by atoms with van der Waals surface area (Å²) in [7, 11) is 1.70. The Bertz CT molecular complexity index is 305. The lowest BCUT2D eigenvalue weighted by Gasteiger charge is -2.12. The molecule has 1 aromatic carbocycles. The maximum Gasteiger partial charge on any atom is 0.118 e. The third-order valence-corrected chi connectivity index (χ3v) is 3.80. The van der Waals surface area contributed by atoms with Crippen molar-refractivity contribution >= 4 is 11.6 Å². The van der Waals surface area contributed by atoms with E-state index in [1.165, 1.54) is 18.4 Å². The van der Waals surface area contributed by atoms with Gasteiger partial charge in [-0.3, -0.25) is 0 Å². The van der Waals surface area contributed by atoms with E-state index in [9.17, 15) is 0 Å². The summed E-state index contributed by atoms with van der Waals surface area (Å²) in [4.78, 5) is 0. The minimum atomic E-state index is 0.325. The van der Waals surface area contributed by atoms with Crippen LogP contribution in [-0.4, -0.2) is 12.5 Å². The van der Waals surface area contributed by atoms with E-state index in [4.69, 9.17) is 16.3 Å². The SMILES string of the molecule is COc1ccc(CCCCC(Cl)C(C)C)cc1. The summed E-state index contributed by atoms with van der Waals surface area (Å²) in [5, 5.41) is 0.325. The number of aryl methyl sites for hydroxylation is 1. The largest absolute Gasteiger partial charge is 0.497 e. The molecule has 1 nitrogen and oxygen atoms in total. The molecule has 0 saturated heterocycles. The normalized spacial score (nSPS) is 12.8. The Hall–Kier alpha value is -0.690. The Morgan fingerprint density at radius 2 is 1.76 bits per heavy atom. The van der Waals surface area contributed by atoms with Gasteiger partial charge in [-0.2, -0.15) is 0 Å². The Balaban J connectivity index is 2.22. The van der Waals surface area contributed by atoms with Crippen LogP contribution in [0.3, 0.4) is 0 Å². The molecule has 0 heterocycles. The zero-order chi connectivity index (χ0) is 12.7. The Morgan fingerprint density at radius 1 is 1.12 bits per heavy atom. The van der Waals surface area contributed by atoms with E-state index in [0.717, 1.165) is 18.6 Å². The number of hydrogen-bond donors (Lipinski definition) is 0. The predicted octanol–water partition coefficient (Wildman–Crippen LogP) is 4.67. The van der Waals surface area contributed by atoms with Crippen molar-refractivity contribution in [2.45, 2.75) is 44.9 Å². The highest BCUT2D eigenvalue weighted by Gasteiger charge is 2.08. The van der Waals surface area contributed by atoms with Crippen LogP contribution in [0.1, 0.15) is 38.7 Å². The van der Waals surface area contributed by atoms with E-state index in [2.05, 4.69) is 26.0 Å². The fraction of sp³-hybridized carbons (Fsp3) is 0.600. The van der Waals surface area contributed by atoms with E-state index in [1.54, 1.807) is 7.11 Å². The number of hydrogen-bond acceptors (Lipinski definition) is 1. The lowest BCUT2D eigenvalue weighted by Crippen LogP contribution is -2.07. The van der Waals surface area contributed by atoms with Gasteiger partial charge in [0.2, 0.25) is 0 Å². The van der Waals surface area contributed by atoms with Crippen LogP contribution in [0.5, 0.6) is 5.75 Å². The molecule has 1 rings (SSSR count). The minimum absolute atomic E-state index is 0.325. The molecule has 0 bridgehead atoms. The van der Waals surface area contributed by atoms with Gasteiger partial charge in [0.15, 0.2) is 0 Å². The van der Waals surface area contributed by atoms with E-state index in [0.29, 0.717) is 11.3 Å². The molecule has 1 aromatic rings. The molecule has 1 atom stereocenters. The van der Waals surface area contributed by atoms with Gasteiger partial charge >= 0.3 is 0 Å². The number of halogens is 1. The van der Waals surface area contributed by atoms with Gasteiger partial charge in [-0.05, 0) is 42.9 Å². The van der Waals surface area contributed by atoms with Crippen LogP contribution in [0.25, 0.3) is 0 Å². The molecule has 0 N–H and O–H groups in total. The summed E-state index contributed by atoms with van der Waals surface area (Å²) in [6.07, 6.45) is 4.67. The molecule has 0 fully saturated rings. The molecule has 0 saturated carbocycles. The van der Waals surface area contributed by atoms with Gasteiger partial charge in [0.25, 0.3) is 0 Å². The Morgan fingerprint density at radius 3 is 2.29 bits per heavy atom. The van der Waals surface area contributed by atoms with Gasteiger partial charge in [-0.1, -0.05) is 32.4 Å². The smallest absolute Gasteiger partial charge is 0.118 e. The Kier molecular flexibility index (Phi) is 6.43. The van der Waals surface area contributed by atoms with Gasteiger partial charge in [0.05, 0.1) is 7.11 Å². The number of methoxy groups -OCH3 is 1. The molecule has 1 unspecified atom stereocenters. The van der Waals surface area contributed by atoms with Gasteiger partial charge < -0.3 is 4.74 Å². The molecular formula is C15H23ClO. The molecule has 17 heavy (non-hydrogen) atoms. The summed E-state index contributed by atoms with van der Waals surface area (Å²) in [5.41, 5.74) is 1.38. The molecule has 96 valence electrons. The first kappa shape index (κ1) is 14.4. The second kappa shape index (κ2) is 7.60. The lowest BCUT2D eigenvalue weighted by atomic mass is 10.0. The number of benzene rings is 1. The zero-order valence-electron chi connectivity index (χ0n) is 11.1. The fourth-order valence-corrected chi connectivity index (χ4v) is 1.95. The average molecular weight is 255 g/mol. The molecule has 0 amide bonds. The summed E-state index contributed by atoms with van der Waals surface area (Å²) in [5.74, 6) is 1.51. The maximum absolute atomic E-state index is 6.22. The number of ether oxygens (including phenoxy) is 1. The average Bonchev–Trinajstić information content (AvgIpc) is 2.35. The summed E-state index contributed by atoms with van der Waals surface area (Å²) in [6, 6.07) is 8.32. The fourth-order valence-electron chi connectivity index (χ4n) is 1.79. The standard InChI is InChI=1S/C15H23ClO/c1-12(2)15(16)7-5-4-6-13-8-10-14(17-3)11-9-13/h8-12,15H,4-7H2,1-3H3. The van der Waals surface area contributed by atoms with Crippen molar-refractivity contribution in [3.05, 3.63) is 29.8 Å². The highest BCUT2D eigenvalue weighted by atomic mass is 35.5. The lowest BCUT2D eigenvalue weighted by molar-refractivity contribution is 0.414. The topological polar surface area (TPSA) is 9.23 Å². The van der Waals surface area contributed by atoms with Gasteiger partial charge in [0.1, 0.15) is 5.75 Å². The van der Waals surface area contributed by atoms with Crippen molar-refractivity contribution in [1.82, 2.24) is 0 Å². The van der Waals surface area contributed by atoms with Crippen LogP contribution in [0, 0.1) is 5.92 Å². The van der Waals surface area contributed by atoms with Crippen molar-refractivity contribution in [1.29, 1.82) is 0 Å². The maximum atomic E-state index is 6.22. The van der Waals surface area contributed by atoms with Gasteiger partial charge in [-0.15, -0.1) is 11.6 Å². The molecule has 0 aliphatic carbocycles. The van der Waals surface area contributed by atoms with E-state index in [-0.39, 0.29) is 0 Å². The van der Waals surface area contributed by atoms with Crippen LogP contribution in [0.15, 0.2) is 24.3 Å². The molecule has 0 radical (unpaired) electrons. The molecule has 0 spiro atoms. The van der Waals surface area contributed by atoms with Crippen LogP contribution in [0.2, 0.25) is 0 Å². The van der Waals surface area contributed by atoms with Crippen molar-refractivity contribution in [2.24, 2.45) is 5.92 Å². The van der Waals surface area contributed by atoms with E-state index >= 15 is 0 Å². The van der Waals surface area contributed by atoms with Crippen molar-refractivity contribution in [2.75, 3.05) is 7.11 Å². The first-order valence-corrected chi connectivity index (χ1v) is 6.84. The molecule has 0 aromatic heterocycles. The zero-order valence-corrected chi connectivity index (χ0v) is 11.8. The summed E-state index contributed by atoms with van der Waals surface area (Å²) < 4.78 is 5.14. The quantitative estimate of drug-likeness (QED) is 0.508. The van der Waals surface area contributed by atoms with Crippen LogP contribution in [-0.2, 0) is 6.42 Å². The monoisotopic (exact) mass is 254 g/mol. The van der Waals surface area contributed by atoms with E-state index in [1.807, 2.05) is 12.1 Å². The van der Waals surface area contributed by atoms with Crippen molar-refractivity contribution in [3.63, 3.8) is 0 Å². The number of alkyl halides is 1. The van der Waals surface area contributed by atoms with Crippen molar-refractivity contribution < 1.29 is 4.74 Å². The van der Waals surface area contributed by atoms with Gasteiger partial charge in [0, 0.05) is 5.38 Å². The summed E-state index contributed by atoms with van der Waals surface area (Å²) >= 11 is 6.22. The highest BCUT2D eigenvalue weighted by Crippen LogP contribution is 2.18. The van der Waals surface area contributed by atoms with Crippen LogP contribution >= 0.6 is 11.6 Å². The number of unbranched alkanes of at least 4 members (excludes halogenated alkanes) is 1. The number of rotatable bonds is 7. The van der Waals surface area contributed by atoms with Crippen molar-refractivity contribution in [3.8, 4) is 5.75 Å². The molecule has 2 heteroatoms. The predicted molar refractivity (Wildman–Crippen MR) is 75.0 cm³/mol. The minimum Gasteiger partial charge on any atom is -0.497 e. The third kappa shape index (κ3) is 5.45. The first-order chi connectivity index (χ1) is 8.13. The third-order valence-electron chi connectivity index (χ3n) is 3.08. The molecule has 0 aliphatic heterocycles. The molecule has 0 aliphatic rings. The van der Waals surface area contributed by atoms with Gasteiger partial charge in [-0.25, -0.2) is 0 Å². The second-order valence-corrected chi connectivity index (χ2v) is 5.41. The van der Waals surface area contributed by atoms with E-state index < -0.39 is 0 Å². The van der Waals surface area contributed by atoms with Crippen LogP contribution < -0.4 is 4.74 Å². The summed E-state index contributed by atoms with van der Waals surface area (Å²) in [6.45, 7) is 4.36. The van der Waals surface area contributed by atoms with Crippen LogP contribution in [0.4, 0.5) is 0 Å². The molecular weight excluding hydrogens is 232 g/mol. The second-order valence-electron chi connectivity index (χ2n) is 4.85. The highest BCUT2D eigenvalue weighted by molar-refractivity contribution is 6.20.